The maximum Gasteiger partial charge on any atom is 0.255 e. The Balaban J connectivity index is 1.54. The molecule has 25 heavy (non-hydrogen) atoms. The van der Waals surface area contributed by atoms with Crippen LogP contribution in [0.3, 0.4) is 0 Å². The molecule has 1 aromatic rings. The molecule has 2 aliphatic rings. The molecule has 3 rings (SSSR count). The molecular formula is C18H23ClFN3O2. The van der Waals surface area contributed by atoms with Crippen molar-refractivity contribution in [3.05, 3.63) is 34.6 Å². The number of hydrogen-bond donors (Lipinski definition) is 1. The molecule has 1 saturated carbocycles. The summed E-state index contributed by atoms with van der Waals surface area (Å²) in [4.78, 5) is 28.4. The van der Waals surface area contributed by atoms with E-state index in [2.05, 4.69) is 0 Å². The summed E-state index contributed by atoms with van der Waals surface area (Å²) in [6, 6.07) is 3.90. The second-order valence-corrected chi connectivity index (χ2v) is 7.26. The van der Waals surface area contributed by atoms with Gasteiger partial charge in [0.1, 0.15) is 5.82 Å². The SMILES string of the molecule is N[C@@H]1CCC[C@H]1CC(=O)N1CCN(C(=O)c2ccc(F)cc2Cl)CC1. The van der Waals surface area contributed by atoms with Crippen molar-refractivity contribution in [3.63, 3.8) is 0 Å². The molecule has 5 nitrogen and oxygen atoms in total. The molecule has 136 valence electrons. The number of benzene rings is 1. The van der Waals surface area contributed by atoms with Crippen LogP contribution in [0.1, 0.15) is 36.0 Å². The van der Waals surface area contributed by atoms with Crippen LogP contribution < -0.4 is 5.73 Å². The average molecular weight is 368 g/mol. The molecule has 1 aliphatic carbocycles. The van der Waals surface area contributed by atoms with Crippen molar-refractivity contribution in [2.24, 2.45) is 11.7 Å². The van der Waals surface area contributed by atoms with Crippen molar-refractivity contribution in [3.8, 4) is 0 Å². The predicted octanol–water partition coefficient (Wildman–Crippen LogP) is 2.28. The van der Waals surface area contributed by atoms with E-state index >= 15 is 0 Å². The van der Waals surface area contributed by atoms with E-state index in [0.29, 0.717) is 38.2 Å². The van der Waals surface area contributed by atoms with Gasteiger partial charge in [-0.2, -0.15) is 0 Å². The fourth-order valence-electron chi connectivity index (χ4n) is 3.66. The van der Waals surface area contributed by atoms with Gasteiger partial charge in [0, 0.05) is 38.6 Å². The minimum absolute atomic E-state index is 0.110. The first-order valence-corrected chi connectivity index (χ1v) is 9.11. The monoisotopic (exact) mass is 367 g/mol. The minimum Gasteiger partial charge on any atom is -0.339 e. The third kappa shape index (κ3) is 4.12. The summed E-state index contributed by atoms with van der Waals surface area (Å²) in [6.07, 6.45) is 3.62. The fourth-order valence-corrected chi connectivity index (χ4v) is 3.91. The summed E-state index contributed by atoms with van der Waals surface area (Å²) in [6.45, 7) is 1.92. The lowest BCUT2D eigenvalue weighted by atomic mass is 9.99. The number of carbonyl (C=O) groups excluding carboxylic acids is 2. The van der Waals surface area contributed by atoms with E-state index in [1.807, 2.05) is 0 Å². The molecule has 1 aliphatic heterocycles. The summed E-state index contributed by atoms with van der Waals surface area (Å²) < 4.78 is 13.1. The molecule has 7 heteroatoms. The Bertz CT molecular complexity index is 662. The largest absolute Gasteiger partial charge is 0.339 e. The number of piperazine rings is 1. The second-order valence-electron chi connectivity index (χ2n) is 6.86. The Kier molecular flexibility index (Phi) is 5.59. The highest BCUT2D eigenvalue weighted by atomic mass is 35.5. The van der Waals surface area contributed by atoms with Crippen LogP contribution in [0, 0.1) is 11.7 Å². The van der Waals surface area contributed by atoms with Crippen molar-refractivity contribution in [2.75, 3.05) is 26.2 Å². The molecule has 0 unspecified atom stereocenters. The van der Waals surface area contributed by atoms with Crippen molar-refractivity contribution >= 4 is 23.4 Å². The average Bonchev–Trinajstić information content (AvgIpc) is 2.99. The zero-order chi connectivity index (χ0) is 18.0. The molecule has 1 aromatic carbocycles. The Morgan fingerprint density at radius 3 is 2.44 bits per heavy atom. The van der Waals surface area contributed by atoms with E-state index in [1.54, 1.807) is 9.80 Å². The Morgan fingerprint density at radius 1 is 1.16 bits per heavy atom. The van der Waals surface area contributed by atoms with E-state index in [4.69, 9.17) is 17.3 Å². The molecule has 1 heterocycles. The van der Waals surface area contributed by atoms with E-state index in [1.165, 1.54) is 12.1 Å². The van der Waals surface area contributed by atoms with Gasteiger partial charge >= 0.3 is 0 Å². The Labute approximate surface area is 151 Å². The van der Waals surface area contributed by atoms with Crippen molar-refractivity contribution < 1.29 is 14.0 Å². The van der Waals surface area contributed by atoms with E-state index in [0.717, 1.165) is 25.3 Å². The summed E-state index contributed by atoms with van der Waals surface area (Å²) in [5.74, 6) is -0.295. The van der Waals surface area contributed by atoms with Crippen LogP contribution in [0.5, 0.6) is 0 Å². The topological polar surface area (TPSA) is 66.6 Å². The zero-order valence-electron chi connectivity index (χ0n) is 14.1. The lowest BCUT2D eigenvalue weighted by Crippen LogP contribution is -2.51. The first-order valence-electron chi connectivity index (χ1n) is 8.73. The molecule has 2 N–H and O–H groups in total. The Hall–Kier alpha value is -1.66. The maximum absolute atomic E-state index is 13.1. The molecule has 0 radical (unpaired) electrons. The van der Waals surface area contributed by atoms with Crippen LogP contribution >= 0.6 is 11.6 Å². The van der Waals surface area contributed by atoms with Crippen LogP contribution in [0.4, 0.5) is 4.39 Å². The van der Waals surface area contributed by atoms with E-state index in [9.17, 15) is 14.0 Å². The first-order chi connectivity index (χ1) is 12.0. The van der Waals surface area contributed by atoms with Gasteiger partial charge in [0.05, 0.1) is 10.6 Å². The number of nitrogens with zero attached hydrogens (tertiary/aromatic N) is 2. The standard InChI is InChI=1S/C18H23ClFN3O2/c19-15-11-13(20)4-5-14(15)18(25)23-8-6-22(7-9-23)17(24)10-12-2-1-3-16(12)21/h4-5,11-12,16H,1-3,6-10,21H2/t12-,16+/m0/s1. The molecule has 2 fully saturated rings. The van der Waals surface area contributed by atoms with Gasteiger partial charge in [-0.25, -0.2) is 4.39 Å². The Morgan fingerprint density at radius 2 is 1.84 bits per heavy atom. The summed E-state index contributed by atoms with van der Waals surface area (Å²) in [5.41, 5.74) is 6.34. The number of amides is 2. The third-order valence-corrected chi connectivity index (χ3v) is 5.55. The number of nitrogens with two attached hydrogens (primary N) is 1. The van der Waals surface area contributed by atoms with Crippen LogP contribution in [0.15, 0.2) is 18.2 Å². The number of carbonyl (C=O) groups is 2. The first kappa shape index (κ1) is 18.1. The molecule has 0 aromatic heterocycles. The van der Waals surface area contributed by atoms with Crippen LogP contribution in [0.25, 0.3) is 0 Å². The summed E-state index contributed by atoms with van der Waals surface area (Å²) in [7, 11) is 0. The zero-order valence-corrected chi connectivity index (χ0v) is 14.8. The molecule has 2 amide bonds. The summed E-state index contributed by atoms with van der Waals surface area (Å²) >= 11 is 5.97. The highest BCUT2D eigenvalue weighted by molar-refractivity contribution is 6.33. The third-order valence-electron chi connectivity index (χ3n) is 5.24. The quantitative estimate of drug-likeness (QED) is 0.891. The van der Waals surface area contributed by atoms with Gasteiger partial charge in [-0.05, 0) is 37.0 Å². The number of hydrogen-bond acceptors (Lipinski definition) is 3. The molecule has 0 spiro atoms. The number of halogens is 2. The highest BCUT2D eigenvalue weighted by Crippen LogP contribution is 2.27. The van der Waals surface area contributed by atoms with E-state index in [-0.39, 0.29) is 28.8 Å². The van der Waals surface area contributed by atoms with Gasteiger partial charge in [0.15, 0.2) is 0 Å². The van der Waals surface area contributed by atoms with Gasteiger partial charge in [-0.1, -0.05) is 18.0 Å². The van der Waals surface area contributed by atoms with E-state index < -0.39 is 5.82 Å². The van der Waals surface area contributed by atoms with Gasteiger partial charge in [0.2, 0.25) is 5.91 Å². The van der Waals surface area contributed by atoms with Gasteiger partial charge in [0.25, 0.3) is 5.91 Å². The van der Waals surface area contributed by atoms with Crippen molar-refractivity contribution in [2.45, 2.75) is 31.7 Å². The van der Waals surface area contributed by atoms with Crippen LogP contribution in [-0.4, -0.2) is 53.8 Å². The van der Waals surface area contributed by atoms with Crippen LogP contribution in [-0.2, 0) is 4.79 Å². The lowest BCUT2D eigenvalue weighted by molar-refractivity contribution is -0.133. The highest BCUT2D eigenvalue weighted by Gasteiger charge is 2.30. The summed E-state index contributed by atoms with van der Waals surface area (Å²) in [5, 5.41) is 0.110. The maximum atomic E-state index is 13.1. The minimum atomic E-state index is -0.470. The van der Waals surface area contributed by atoms with Gasteiger partial charge in [-0.3, -0.25) is 9.59 Å². The molecule has 0 bridgehead atoms. The smallest absolute Gasteiger partial charge is 0.255 e. The molecule has 2 atom stereocenters. The van der Waals surface area contributed by atoms with Crippen molar-refractivity contribution in [1.82, 2.24) is 9.80 Å². The molecular weight excluding hydrogens is 345 g/mol. The fraction of sp³-hybridized carbons (Fsp3) is 0.556. The normalized spacial score (nSPS) is 23.8. The number of rotatable bonds is 3. The van der Waals surface area contributed by atoms with Crippen LogP contribution in [0.2, 0.25) is 5.02 Å². The van der Waals surface area contributed by atoms with Crippen molar-refractivity contribution in [1.29, 1.82) is 0 Å². The van der Waals surface area contributed by atoms with Gasteiger partial charge < -0.3 is 15.5 Å². The lowest BCUT2D eigenvalue weighted by Gasteiger charge is -2.35. The molecule has 1 saturated heterocycles. The predicted molar refractivity (Wildman–Crippen MR) is 93.8 cm³/mol. The van der Waals surface area contributed by atoms with Gasteiger partial charge in [-0.15, -0.1) is 0 Å². The second kappa shape index (κ2) is 7.70.